The normalized spacial score (nSPS) is 27.1. The van der Waals surface area contributed by atoms with Crippen LogP contribution in [0.1, 0.15) is 47.0 Å². The number of amides is 1. The first-order valence-electron chi connectivity index (χ1n) is 6.97. The molecule has 1 aliphatic heterocycles. The van der Waals surface area contributed by atoms with Crippen LogP contribution in [-0.2, 0) is 4.79 Å². The maximum atomic E-state index is 12.3. The van der Waals surface area contributed by atoms with Gasteiger partial charge in [0.2, 0.25) is 5.91 Å². The minimum absolute atomic E-state index is 0.0408. The number of nitrogens with two attached hydrogens (primary N) is 1. The van der Waals surface area contributed by atoms with E-state index in [2.05, 4.69) is 0 Å². The summed E-state index contributed by atoms with van der Waals surface area (Å²) < 4.78 is 0. The molecule has 1 rings (SSSR count). The van der Waals surface area contributed by atoms with Crippen LogP contribution >= 0.6 is 0 Å². The number of aliphatic hydroxyl groups excluding tert-OH is 1. The van der Waals surface area contributed by atoms with Crippen LogP contribution in [0.5, 0.6) is 0 Å². The first-order chi connectivity index (χ1) is 8.24. The van der Waals surface area contributed by atoms with E-state index in [-0.39, 0.29) is 23.5 Å². The highest BCUT2D eigenvalue weighted by atomic mass is 16.3. The van der Waals surface area contributed by atoms with E-state index in [1.54, 1.807) is 0 Å². The van der Waals surface area contributed by atoms with E-state index in [9.17, 15) is 9.90 Å². The second-order valence-electron chi connectivity index (χ2n) is 6.62. The van der Waals surface area contributed by atoms with Crippen molar-refractivity contribution in [1.29, 1.82) is 0 Å². The largest absolute Gasteiger partial charge is 0.393 e. The monoisotopic (exact) mass is 256 g/mol. The Morgan fingerprint density at radius 1 is 1.44 bits per heavy atom. The van der Waals surface area contributed by atoms with E-state index in [0.29, 0.717) is 12.5 Å². The lowest BCUT2D eigenvalue weighted by Gasteiger charge is -2.39. The third-order valence-electron chi connectivity index (χ3n) is 3.58. The fourth-order valence-corrected chi connectivity index (χ4v) is 2.61. The predicted molar refractivity (Wildman–Crippen MR) is 73.0 cm³/mol. The topological polar surface area (TPSA) is 66.6 Å². The number of carbonyl (C=O) groups excluding carboxylic acids is 1. The molecular formula is C14H28N2O2. The van der Waals surface area contributed by atoms with Crippen LogP contribution in [-0.4, -0.2) is 41.1 Å². The molecule has 106 valence electrons. The van der Waals surface area contributed by atoms with Gasteiger partial charge in [-0.1, -0.05) is 27.7 Å². The molecule has 0 spiro atoms. The summed E-state index contributed by atoms with van der Waals surface area (Å²) in [6.07, 6.45) is 2.15. The summed E-state index contributed by atoms with van der Waals surface area (Å²) in [5, 5.41) is 9.74. The lowest BCUT2D eigenvalue weighted by molar-refractivity contribution is -0.142. The van der Waals surface area contributed by atoms with Crippen molar-refractivity contribution >= 4 is 5.91 Å². The first kappa shape index (κ1) is 15.4. The molecule has 3 N–H and O–H groups in total. The molecule has 1 heterocycles. The Morgan fingerprint density at radius 2 is 2.06 bits per heavy atom. The molecule has 0 bridgehead atoms. The van der Waals surface area contributed by atoms with E-state index in [1.165, 1.54) is 0 Å². The smallest absolute Gasteiger partial charge is 0.228 e. The quantitative estimate of drug-likeness (QED) is 0.801. The molecule has 4 nitrogen and oxygen atoms in total. The number of piperidine rings is 1. The van der Waals surface area contributed by atoms with Crippen LogP contribution in [0.15, 0.2) is 0 Å². The summed E-state index contributed by atoms with van der Waals surface area (Å²) in [4.78, 5) is 14.2. The highest BCUT2D eigenvalue weighted by Crippen LogP contribution is 2.25. The standard InChI is InChI=1S/C14H28N2O2/c1-5-12(17)7-10-6-11(15)9-16(8-10)13(18)14(2,3)4/h10-12,17H,5-9,15H2,1-4H3. The molecule has 3 unspecified atom stereocenters. The predicted octanol–water partition coefficient (Wildman–Crippen LogP) is 1.37. The van der Waals surface area contributed by atoms with Crippen molar-refractivity contribution in [3.8, 4) is 0 Å². The second-order valence-corrected chi connectivity index (χ2v) is 6.62. The Labute approximate surface area is 111 Å². The van der Waals surface area contributed by atoms with Crippen molar-refractivity contribution in [1.82, 2.24) is 4.90 Å². The molecule has 3 atom stereocenters. The van der Waals surface area contributed by atoms with E-state index < -0.39 is 0 Å². The fourth-order valence-electron chi connectivity index (χ4n) is 2.61. The van der Waals surface area contributed by atoms with Gasteiger partial charge in [0.05, 0.1) is 6.10 Å². The molecule has 1 saturated heterocycles. The molecular weight excluding hydrogens is 228 g/mol. The molecule has 1 fully saturated rings. The molecule has 4 heteroatoms. The van der Waals surface area contributed by atoms with Gasteiger partial charge in [-0.15, -0.1) is 0 Å². The number of rotatable bonds is 3. The van der Waals surface area contributed by atoms with Crippen LogP contribution in [0.4, 0.5) is 0 Å². The minimum atomic E-state index is -0.356. The molecule has 0 aromatic heterocycles. The van der Waals surface area contributed by atoms with Gasteiger partial charge in [-0.05, 0) is 25.2 Å². The summed E-state index contributed by atoms with van der Waals surface area (Å²) in [6, 6.07) is 0.0408. The van der Waals surface area contributed by atoms with Crippen molar-refractivity contribution in [2.24, 2.45) is 17.1 Å². The molecule has 0 aromatic carbocycles. The number of carbonyl (C=O) groups is 1. The van der Waals surface area contributed by atoms with Gasteiger partial charge in [0.25, 0.3) is 0 Å². The summed E-state index contributed by atoms with van der Waals surface area (Å²) in [5.74, 6) is 0.489. The zero-order chi connectivity index (χ0) is 13.9. The van der Waals surface area contributed by atoms with Crippen LogP contribution in [0.3, 0.4) is 0 Å². The molecule has 18 heavy (non-hydrogen) atoms. The molecule has 0 saturated carbocycles. The molecule has 1 amide bonds. The van der Waals surface area contributed by atoms with Crippen LogP contribution < -0.4 is 5.73 Å². The summed E-state index contributed by atoms with van der Waals surface area (Å²) in [5.41, 5.74) is 5.68. The number of likely N-dealkylation sites (tertiary alicyclic amines) is 1. The average molecular weight is 256 g/mol. The van der Waals surface area contributed by atoms with Crippen LogP contribution in [0.25, 0.3) is 0 Å². The molecule has 0 aliphatic carbocycles. The number of hydrogen-bond acceptors (Lipinski definition) is 3. The van der Waals surface area contributed by atoms with Crippen molar-refractivity contribution in [2.45, 2.75) is 59.1 Å². The minimum Gasteiger partial charge on any atom is -0.393 e. The van der Waals surface area contributed by atoms with E-state index >= 15 is 0 Å². The lowest BCUT2D eigenvalue weighted by Crippen LogP contribution is -2.52. The van der Waals surface area contributed by atoms with E-state index in [0.717, 1.165) is 25.8 Å². The number of hydrogen-bond donors (Lipinski definition) is 2. The number of aliphatic hydroxyl groups is 1. The highest BCUT2D eigenvalue weighted by Gasteiger charge is 2.33. The second kappa shape index (κ2) is 6.02. The number of nitrogens with zero attached hydrogens (tertiary/aromatic N) is 1. The van der Waals surface area contributed by atoms with Crippen LogP contribution in [0, 0.1) is 11.3 Å². The van der Waals surface area contributed by atoms with Crippen molar-refractivity contribution < 1.29 is 9.90 Å². The molecule has 0 radical (unpaired) electrons. The Hall–Kier alpha value is -0.610. The summed E-state index contributed by atoms with van der Waals surface area (Å²) in [7, 11) is 0. The van der Waals surface area contributed by atoms with Gasteiger partial charge >= 0.3 is 0 Å². The third kappa shape index (κ3) is 4.25. The SMILES string of the molecule is CCC(O)CC1CC(N)CN(C(=O)C(C)(C)C)C1. The van der Waals surface area contributed by atoms with Gasteiger partial charge in [0.15, 0.2) is 0 Å². The lowest BCUT2D eigenvalue weighted by atomic mass is 9.87. The van der Waals surface area contributed by atoms with Crippen LogP contribution in [0.2, 0.25) is 0 Å². The van der Waals surface area contributed by atoms with Gasteiger partial charge in [-0.25, -0.2) is 0 Å². The maximum Gasteiger partial charge on any atom is 0.228 e. The van der Waals surface area contributed by atoms with Crippen molar-refractivity contribution in [3.05, 3.63) is 0 Å². The Kier molecular flexibility index (Phi) is 5.17. The molecule has 0 aromatic rings. The average Bonchev–Trinajstić information content (AvgIpc) is 2.25. The Balaban J connectivity index is 2.63. The highest BCUT2D eigenvalue weighted by molar-refractivity contribution is 5.81. The first-order valence-corrected chi connectivity index (χ1v) is 6.97. The van der Waals surface area contributed by atoms with E-state index in [1.807, 2.05) is 32.6 Å². The molecule has 1 aliphatic rings. The maximum absolute atomic E-state index is 12.3. The summed E-state index contributed by atoms with van der Waals surface area (Å²) in [6.45, 7) is 9.17. The Bertz CT molecular complexity index is 286. The Morgan fingerprint density at radius 3 is 2.56 bits per heavy atom. The third-order valence-corrected chi connectivity index (χ3v) is 3.58. The van der Waals surface area contributed by atoms with E-state index in [4.69, 9.17) is 5.73 Å². The zero-order valence-electron chi connectivity index (χ0n) is 12.1. The van der Waals surface area contributed by atoms with Gasteiger partial charge < -0.3 is 15.7 Å². The zero-order valence-corrected chi connectivity index (χ0v) is 12.1. The van der Waals surface area contributed by atoms with Gasteiger partial charge in [0, 0.05) is 24.5 Å². The fraction of sp³-hybridized carbons (Fsp3) is 0.929. The van der Waals surface area contributed by atoms with Gasteiger partial charge in [-0.2, -0.15) is 0 Å². The van der Waals surface area contributed by atoms with Gasteiger partial charge in [-0.3, -0.25) is 4.79 Å². The summed E-state index contributed by atoms with van der Waals surface area (Å²) >= 11 is 0. The van der Waals surface area contributed by atoms with Gasteiger partial charge in [0.1, 0.15) is 0 Å². The van der Waals surface area contributed by atoms with Crippen molar-refractivity contribution in [3.63, 3.8) is 0 Å². The van der Waals surface area contributed by atoms with Crippen molar-refractivity contribution in [2.75, 3.05) is 13.1 Å².